The molecule has 1 unspecified atom stereocenters. The number of halogens is 1. The third-order valence-corrected chi connectivity index (χ3v) is 4.76. The number of nitrogens with one attached hydrogen (secondary N) is 1. The van der Waals surface area contributed by atoms with Gasteiger partial charge in [-0.1, -0.05) is 13.3 Å². The molecule has 0 saturated carbocycles. The van der Waals surface area contributed by atoms with E-state index in [1.54, 1.807) is 0 Å². The molecule has 1 saturated heterocycles. The smallest absolute Gasteiger partial charge is 0.111 e. The second kappa shape index (κ2) is 6.28. The third kappa shape index (κ3) is 3.15. The lowest BCUT2D eigenvalue weighted by atomic mass is 10.1. The predicted octanol–water partition coefficient (Wildman–Crippen LogP) is 2.49. The van der Waals surface area contributed by atoms with Crippen molar-refractivity contribution in [2.45, 2.75) is 25.8 Å². The van der Waals surface area contributed by atoms with Gasteiger partial charge in [0.2, 0.25) is 0 Å². The molecule has 1 aromatic heterocycles. The van der Waals surface area contributed by atoms with Gasteiger partial charge >= 0.3 is 0 Å². The first-order valence-corrected chi connectivity index (χ1v) is 7.76. The van der Waals surface area contributed by atoms with Gasteiger partial charge in [0.05, 0.1) is 15.1 Å². The van der Waals surface area contributed by atoms with Crippen LogP contribution in [0.25, 0.3) is 0 Å². The van der Waals surface area contributed by atoms with Crippen LogP contribution in [0.4, 0.5) is 0 Å². The van der Waals surface area contributed by atoms with E-state index in [0.717, 1.165) is 26.2 Å². The molecule has 2 rings (SSSR count). The van der Waals surface area contributed by atoms with Crippen molar-refractivity contribution < 1.29 is 0 Å². The molecule has 1 N–H and O–H groups in total. The van der Waals surface area contributed by atoms with Crippen LogP contribution in [-0.4, -0.2) is 36.1 Å². The van der Waals surface area contributed by atoms with Crippen molar-refractivity contribution in [1.82, 2.24) is 15.2 Å². The summed E-state index contributed by atoms with van der Waals surface area (Å²) in [5.41, 5.74) is 0. The van der Waals surface area contributed by atoms with Crippen LogP contribution in [0.1, 0.15) is 30.8 Å². The number of piperazine rings is 1. The van der Waals surface area contributed by atoms with Crippen LogP contribution in [0.15, 0.2) is 6.20 Å². The highest BCUT2D eigenvalue weighted by Gasteiger charge is 2.23. The number of hydrogen-bond donors (Lipinski definition) is 1. The summed E-state index contributed by atoms with van der Waals surface area (Å²) in [6, 6.07) is 0.542. The molecule has 0 radical (unpaired) electrons. The molecular formula is C11H18IN3S. The first-order chi connectivity index (χ1) is 7.81. The molecule has 2 heterocycles. The zero-order valence-electron chi connectivity index (χ0n) is 9.58. The van der Waals surface area contributed by atoms with Crippen molar-refractivity contribution in [2.75, 3.05) is 26.2 Å². The second-order valence-electron chi connectivity index (χ2n) is 4.09. The maximum Gasteiger partial charge on any atom is 0.111 e. The molecule has 3 nitrogen and oxygen atoms in total. The minimum Gasteiger partial charge on any atom is -0.314 e. The molecule has 0 aliphatic carbocycles. The summed E-state index contributed by atoms with van der Waals surface area (Å²) in [4.78, 5) is 7.14. The minimum absolute atomic E-state index is 0.542. The van der Waals surface area contributed by atoms with Gasteiger partial charge in [-0.3, -0.25) is 4.90 Å². The van der Waals surface area contributed by atoms with Gasteiger partial charge in [-0.05, 0) is 29.0 Å². The van der Waals surface area contributed by atoms with Gasteiger partial charge in [0.25, 0.3) is 0 Å². The largest absolute Gasteiger partial charge is 0.314 e. The lowest BCUT2D eigenvalue weighted by molar-refractivity contribution is 0.164. The Morgan fingerprint density at radius 2 is 2.31 bits per heavy atom. The number of hydrogen-bond acceptors (Lipinski definition) is 4. The normalized spacial score (nSPS) is 19.9. The number of rotatable bonds is 4. The van der Waals surface area contributed by atoms with Gasteiger partial charge in [0.15, 0.2) is 0 Å². The fourth-order valence-electron chi connectivity index (χ4n) is 2.15. The van der Waals surface area contributed by atoms with Crippen molar-refractivity contribution in [3.8, 4) is 0 Å². The standard InChI is InChI=1S/C11H18IN3S/c1-2-3-9(11-14-8-10(12)16-11)15-6-4-13-5-7-15/h8-9,13H,2-7H2,1H3. The van der Waals surface area contributed by atoms with Gasteiger partial charge in [0.1, 0.15) is 5.01 Å². The molecular weight excluding hydrogens is 333 g/mol. The Balaban J connectivity index is 2.09. The van der Waals surface area contributed by atoms with Crippen molar-refractivity contribution >= 4 is 33.9 Å². The Bertz CT molecular complexity index is 323. The highest BCUT2D eigenvalue weighted by molar-refractivity contribution is 14.1. The summed E-state index contributed by atoms with van der Waals surface area (Å²) < 4.78 is 1.30. The van der Waals surface area contributed by atoms with Crippen LogP contribution in [0, 0.1) is 2.88 Å². The number of thiazole rings is 1. The molecule has 90 valence electrons. The number of aromatic nitrogens is 1. The maximum absolute atomic E-state index is 4.56. The van der Waals surface area contributed by atoms with E-state index >= 15 is 0 Å². The van der Waals surface area contributed by atoms with E-state index in [1.165, 1.54) is 20.7 Å². The topological polar surface area (TPSA) is 28.2 Å². The molecule has 0 aromatic carbocycles. The Morgan fingerprint density at radius 3 is 2.88 bits per heavy atom. The molecule has 1 aliphatic rings. The molecule has 0 spiro atoms. The summed E-state index contributed by atoms with van der Waals surface area (Å²) in [6.07, 6.45) is 4.44. The predicted molar refractivity (Wildman–Crippen MR) is 76.9 cm³/mol. The average molecular weight is 351 g/mol. The SMILES string of the molecule is CCCC(c1ncc(I)s1)N1CCNCC1. The highest BCUT2D eigenvalue weighted by atomic mass is 127. The Hall–Kier alpha value is 0.280. The van der Waals surface area contributed by atoms with Gasteiger partial charge in [-0.15, -0.1) is 11.3 Å². The minimum atomic E-state index is 0.542. The molecule has 0 amide bonds. The molecule has 0 bridgehead atoms. The van der Waals surface area contributed by atoms with E-state index in [9.17, 15) is 0 Å². The molecule has 1 atom stereocenters. The lowest BCUT2D eigenvalue weighted by Gasteiger charge is -2.33. The van der Waals surface area contributed by atoms with E-state index in [-0.39, 0.29) is 0 Å². The van der Waals surface area contributed by atoms with Crippen LogP contribution in [0.2, 0.25) is 0 Å². The highest BCUT2D eigenvalue weighted by Crippen LogP contribution is 2.29. The zero-order valence-corrected chi connectivity index (χ0v) is 12.6. The first kappa shape index (κ1) is 12.7. The average Bonchev–Trinajstić information content (AvgIpc) is 2.74. The molecule has 1 fully saturated rings. The lowest BCUT2D eigenvalue weighted by Crippen LogP contribution is -2.45. The Morgan fingerprint density at radius 1 is 1.56 bits per heavy atom. The summed E-state index contributed by atoms with van der Waals surface area (Å²) in [7, 11) is 0. The van der Waals surface area contributed by atoms with Gasteiger partial charge in [-0.25, -0.2) is 4.98 Å². The summed E-state index contributed by atoms with van der Waals surface area (Å²) in [5.74, 6) is 0. The molecule has 16 heavy (non-hydrogen) atoms. The fraction of sp³-hybridized carbons (Fsp3) is 0.727. The summed E-state index contributed by atoms with van der Waals surface area (Å²) in [5, 5.41) is 4.71. The van der Waals surface area contributed by atoms with Crippen LogP contribution in [0.3, 0.4) is 0 Å². The second-order valence-corrected chi connectivity index (χ2v) is 7.05. The van der Waals surface area contributed by atoms with Crippen molar-refractivity contribution in [1.29, 1.82) is 0 Å². The van der Waals surface area contributed by atoms with Gasteiger partial charge in [0, 0.05) is 26.2 Å². The maximum atomic E-state index is 4.56. The van der Waals surface area contributed by atoms with E-state index in [1.807, 2.05) is 17.5 Å². The molecule has 1 aromatic rings. The zero-order chi connectivity index (χ0) is 11.4. The summed E-state index contributed by atoms with van der Waals surface area (Å²) >= 11 is 4.20. The van der Waals surface area contributed by atoms with Crippen molar-refractivity contribution in [2.24, 2.45) is 0 Å². The molecule has 1 aliphatic heterocycles. The van der Waals surface area contributed by atoms with E-state index in [4.69, 9.17) is 0 Å². The van der Waals surface area contributed by atoms with Crippen LogP contribution >= 0.6 is 33.9 Å². The first-order valence-electron chi connectivity index (χ1n) is 5.87. The Kier molecular flexibility index (Phi) is 4.99. The van der Waals surface area contributed by atoms with E-state index < -0.39 is 0 Å². The fourth-order valence-corrected chi connectivity index (χ4v) is 3.78. The van der Waals surface area contributed by atoms with Gasteiger partial charge < -0.3 is 5.32 Å². The van der Waals surface area contributed by atoms with Gasteiger partial charge in [-0.2, -0.15) is 0 Å². The van der Waals surface area contributed by atoms with E-state index in [2.05, 4.69) is 44.7 Å². The Labute approximate surface area is 115 Å². The van der Waals surface area contributed by atoms with E-state index in [0.29, 0.717) is 6.04 Å². The quantitative estimate of drug-likeness (QED) is 0.845. The molecule has 5 heteroatoms. The summed E-state index contributed by atoms with van der Waals surface area (Å²) in [6.45, 7) is 6.79. The van der Waals surface area contributed by atoms with Crippen LogP contribution in [-0.2, 0) is 0 Å². The van der Waals surface area contributed by atoms with Crippen molar-refractivity contribution in [3.05, 3.63) is 14.1 Å². The van der Waals surface area contributed by atoms with Crippen LogP contribution < -0.4 is 5.32 Å². The number of nitrogens with zero attached hydrogens (tertiary/aromatic N) is 2. The third-order valence-electron chi connectivity index (χ3n) is 2.93. The monoisotopic (exact) mass is 351 g/mol. The van der Waals surface area contributed by atoms with Crippen LogP contribution in [0.5, 0.6) is 0 Å². The van der Waals surface area contributed by atoms with Crippen molar-refractivity contribution in [3.63, 3.8) is 0 Å².